The van der Waals surface area contributed by atoms with E-state index < -0.39 is 0 Å². The molecule has 1 unspecified atom stereocenters. The van der Waals surface area contributed by atoms with Gasteiger partial charge < -0.3 is 15.4 Å². The lowest BCUT2D eigenvalue weighted by molar-refractivity contribution is -0.117. The third-order valence-electron chi connectivity index (χ3n) is 11.4. The smallest absolute Gasteiger partial charge is 0.257 e. The van der Waals surface area contributed by atoms with E-state index in [1.165, 1.54) is 48.9 Å². The molecule has 0 saturated heterocycles. The van der Waals surface area contributed by atoms with Gasteiger partial charge in [0.05, 0.1) is 11.7 Å². The maximum absolute atomic E-state index is 13.3. The average molecular weight is 486 g/mol. The quantitative estimate of drug-likeness (QED) is 0.470. The zero-order valence-corrected chi connectivity index (χ0v) is 21.8. The number of hydrogen-bond donors (Lipinski definition) is 3. The summed E-state index contributed by atoms with van der Waals surface area (Å²) in [7, 11) is 0. The second-order valence-corrected chi connectivity index (χ2v) is 13.0. The first-order valence-corrected chi connectivity index (χ1v) is 14.1. The SMILES string of the molecule is Cc1nc2c(c(=O)[nH]1)C(c1ccccc1)C1=C(N2)[C@@]2(C)CC[C@H]3[C@H](CC[C@H]4C[C@@H](O)CC[C@@]43C)[C@@H]2C1. The molecule has 3 fully saturated rings. The number of H-pyrrole nitrogens is 1. The number of rotatable bonds is 1. The Bertz CT molecular complexity index is 1300. The standard InChI is InChI=1S/C31H39N3O2/c1-17-32-28-26(29(36)33-17)25(18-7-5-4-6-8-18)22-16-24-21-10-9-19-15-20(35)11-13-30(19,2)23(21)12-14-31(24,3)27(22)34-28/h4-8,19-21,23-25,35H,9-16H2,1-3H3,(H2,32,33,34,36)/t19-,20-,21-,23-,24-,25?,30-,31-/m0/s1. The number of anilines is 1. The Labute approximate surface area is 213 Å². The lowest BCUT2D eigenvalue weighted by Crippen LogP contribution is -2.53. The van der Waals surface area contributed by atoms with Gasteiger partial charge in [0.2, 0.25) is 0 Å². The van der Waals surface area contributed by atoms with Crippen molar-refractivity contribution in [3.8, 4) is 0 Å². The molecule has 0 amide bonds. The Morgan fingerprint density at radius 3 is 2.64 bits per heavy atom. The summed E-state index contributed by atoms with van der Waals surface area (Å²) < 4.78 is 0. The molecule has 5 heteroatoms. The molecule has 5 aliphatic rings. The van der Waals surface area contributed by atoms with E-state index in [-0.39, 0.29) is 23.0 Å². The van der Waals surface area contributed by atoms with Crippen LogP contribution in [0.3, 0.4) is 0 Å². The molecule has 7 rings (SSSR count). The highest BCUT2D eigenvalue weighted by atomic mass is 16.3. The Balaban J connectivity index is 1.31. The van der Waals surface area contributed by atoms with E-state index in [0.29, 0.717) is 29.0 Å². The van der Waals surface area contributed by atoms with Crippen LogP contribution in [0.5, 0.6) is 0 Å². The van der Waals surface area contributed by atoms with E-state index in [1.807, 2.05) is 6.92 Å². The first-order chi connectivity index (χ1) is 17.3. The summed E-state index contributed by atoms with van der Waals surface area (Å²) in [6, 6.07) is 10.6. The van der Waals surface area contributed by atoms with Gasteiger partial charge in [-0.05, 0) is 98.5 Å². The Morgan fingerprint density at radius 2 is 1.83 bits per heavy atom. The Kier molecular flexibility index (Phi) is 4.93. The number of fused-ring (bicyclic) bond motifs is 7. The van der Waals surface area contributed by atoms with Crippen molar-refractivity contribution in [3.63, 3.8) is 0 Å². The monoisotopic (exact) mass is 485 g/mol. The van der Waals surface area contributed by atoms with Crippen LogP contribution in [0.1, 0.15) is 88.1 Å². The van der Waals surface area contributed by atoms with Gasteiger partial charge in [-0.1, -0.05) is 44.2 Å². The topological polar surface area (TPSA) is 78.0 Å². The Hall–Kier alpha value is -2.40. The van der Waals surface area contributed by atoms with Crippen molar-refractivity contribution in [2.24, 2.45) is 34.5 Å². The molecule has 2 heterocycles. The van der Waals surface area contributed by atoms with Gasteiger partial charge in [0.15, 0.2) is 0 Å². The zero-order chi connectivity index (χ0) is 24.8. The molecule has 5 nitrogen and oxygen atoms in total. The summed E-state index contributed by atoms with van der Waals surface area (Å²) in [5.41, 5.74) is 5.19. The fourth-order valence-corrected chi connectivity index (χ4v) is 9.70. The summed E-state index contributed by atoms with van der Waals surface area (Å²) >= 11 is 0. The van der Waals surface area contributed by atoms with Crippen molar-refractivity contribution < 1.29 is 5.11 Å². The predicted octanol–water partition coefficient (Wildman–Crippen LogP) is 5.90. The molecular weight excluding hydrogens is 446 g/mol. The van der Waals surface area contributed by atoms with Gasteiger partial charge in [-0.3, -0.25) is 4.79 Å². The molecule has 1 aliphatic heterocycles. The van der Waals surface area contributed by atoms with Crippen molar-refractivity contribution >= 4 is 5.82 Å². The maximum Gasteiger partial charge on any atom is 0.257 e. The number of aromatic amines is 1. The minimum absolute atomic E-state index is 0.0166. The predicted molar refractivity (Wildman–Crippen MR) is 142 cm³/mol. The number of nitrogens with zero attached hydrogens (tertiary/aromatic N) is 1. The van der Waals surface area contributed by atoms with Crippen LogP contribution in [0.2, 0.25) is 0 Å². The zero-order valence-electron chi connectivity index (χ0n) is 21.8. The number of aliphatic hydroxyl groups excluding tert-OH is 1. The summed E-state index contributed by atoms with van der Waals surface area (Å²) in [5, 5.41) is 14.2. The molecule has 1 aromatic heterocycles. The van der Waals surface area contributed by atoms with Crippen LogP contribution in [0, 0.1) is 41.4 Å². The molecule has 0 radical (unpaired) electrons. The number of benzene rings is 1. The van der Waals surface area contributed by atoms with Gasteiger partial charge in [-0.25, -0.2) is 4.98 Å². The van der Waals surface area contributed by atoms with Gasteiger partial charge in [0, 0.05) is 17.0 Å². The number of allylic oxidation sites excluding steroid dienone is 2. The van der Waals surface area contributed by atoms with E-state index in [1.54, 1.807) is 0 Å². The molecule has 3 saturated carbocycles. The summed E-state index contributed by atoms with van der Waals surface area (Å²) in [5.74, 6) is 4.10. The summed E-state index contributed by atoms with van der Waals surface area (Å²) in [6.45, 7) is 6.92. The highest BCUT2D eigenvalue weighted by molar-refractivity contribution is 5.64. The van der Waals surface area contributed by atoms with Crippen LogP contribution in [0.4, 0.5) is 5.82 Å². The van der Waals surface area contributed by atoms with Crippen molar-refractivity contribution in [1.82, 2.24) is 9.97 Å². The third-order valence-corrected chi connectivity index (χ3v) is 11.4. The Morgan fingerprint density at radius 1 is 1.03 bits per heavy atom. The fraction of sp³-hybridized carbons (Fsp3) is 0.613. The second kappa shape index (κ2) is 7.80. The number of nitrogens with one attached hydrogen (secondary N) is 2. The van der Waals surface area contributed by atoms with Gasteiger partial charge in [-0.15, -0.1) is 0 Å². The molecule has 8 atom stereocenters. The number of aromatic nitrogens is 2. The van der Waals surface area contributed by atoms with Gasteiger partial charge in [0.25, 0.3) is 5.56 Å². The molecule has 2 aromatic rings. The minimum Gasteiger partial charge on any atom is -0.393 e. The van der Waals surface area contributed by atoms with Crippen LogP contribution in [-0.2, 0) is 0 Å². The van der Waals surface area contributed by atoms with Crippen LogP contribution in [0.15, 0.2) is 46.4 Å². The second-order valence-electron chi connectivity index (χ2n) is 13.0. The molecular formula is C31H39N3O2. The summed E-state index contributed by atoms with van der Waals surface area (Å²) in [4.78, 5) is 21.1. The summed E-state index contributed by atoms with van der Waals surface area (Å²) in [6.07, 6.45) is 9.09. The van der Waals surface area contributed by atoms with E-state index in [9.17, 15) is 9.90 Å². The van der Waals surface area contributed by atoms with Gasteiger partial charge in [0.1, 0.15) is 11.6 Å². The highest BCUT2D eigenvalue weighted by Gasteiger charge is 2.61. The largest absolute Gasteiger partial charge is 0.393 e. The first kappa shape index (κ1) is 22.8. The molecule has 1 aromatic carbocycles. The molecule has 4 aliphatic carbocycles. The average Bonchev–Trinajstić information content (AvgIpc) is 3.16. The van der Waals surface area contributed by atoms with Crippen LogP contribution < -0.4 is 10.9 Å². The third kappa shape index (κ3) is 3.04. The maximum atomic E-state index is 13.3. The highest BCUT2D eigenvalue weighted by Crippen LogP contribution is 2.68. The van der Waals surface area contributed by atoms with E-state index >= 15 is 0 Å². The number of aryl methyl sites for hydroxylation is 1. The van der Waals surface area contributed by atoms with E-state index in [0.717, 1.165) is 36.6 Å². The van der Waals surface area contributed by atoms with Gasteiger partial charge in [-0.2, -0.15) is 0 Å². The fourth-order valence-electron chi connectivity index (χ4n) is 9.70. The van der Waals surface area contributed by atoms with Crippen molar-refractivity contribution in [1.29, 1.82) is 0 Å². The first-order valence-electron chi connectivity index (χ1n) is 14.1. The van der Waals surface area contributed by atoms with Crippen LogP contribution in [-0.4, -0.2) is 21.2 Å². The molecule has 3 N–H and O–H groups in total. The number of aliphatic hydroxyl groups is 1. The lowest BCUT2D eigenvalue weighted by Gasteiger charge is -2.60. The molecule has 0 spiro atoms. The van der Waals surface area contributed by atoms with E-state index in [2.05, 4.69) is 54.5 Å². The molecule has 190 valence electrons. The minimum atomic E-state index is -0.0997. The van der Waals surface area contributed by atoms with Crippen molar-refractivity contribution in [2.45, 2.75) is 84.2 Å². The van der Waals surface area contributed by atoms with E-state index in [4.69, 9.17) is 4.98 Å². The van der Waals surface area contributed by atoms with Gasteiger partial charge >= 0.3 is 0 Å². The van der Waals surface area contributed by atoms with Crippen LogP contribution >= 0.6 is 0 Å². The normalized spacial score (nSPS) is 40.9. The molecule has 0 bridgehead atoms. The van der Waals surface area contributed by atoms with Crippen molar-refractivity contribution in [2.75, 3.05) is 5.32 Å². The van der Waals surface area contributed by atoms with Crippen molar-refractivity contribution in [3.05, 3.63) is 68.9 Å². The lowest BCUT2D eigenvalue weighted by atomic mass is 9.45. The number of hydrogen-bond acceptors (Lipinski definition) is 4. The molecule has 36 heavy (non-hydrogen) atoms. The van der Waals surface area contributed by atoms with Crippen LogP contribution in [0.25, 0.3) is 0 Å².